The third-order valence-electron chi connectivity index (χ3n) is 7.37. The third-order valence-corrected chi connectivity index (χ3v) is 7.37. The molecule has 230 valence electrons. The van der Waals surface area contributed by atoms with Gasteiger partial charge in [0.15, 0.2) is 17.3 Å². The molecule has 0 fully saturated rings. The molecule has 2 heterocycles. The van der Waals surface area contributed by atoms with E-state index in [4.69, 9.17) is 32.8 Å². The molecule has 44 heavy (non-hydrogen) atoms. The summed E-state index contributed by atoms with van der Waals surface area (Å²) in [6, 6.07) is 12.1. The number of benzene rings is 3. The number of nitrogens with zero attached hydrogens (tertiary/aromatic N) is 2. The summed E-state index contributed by atoms with van der Waals surface area (Å²) in [5.41, 5.74) is 1.86. The molecule has 0 aliphatic rings. The highest BCUT2D eigenvalue weighted by atomic mass is 16.5. The van der Waals surface area contributed by atoms with Crippen molar-refractivity contribution in [1.29, 1.82) is 0 Å². The first-order valence-corrected chi connectivity index (χ1v) is 14.0. The Bertz CT molecular complexity index is 1920. The number of hydrogen-bond acceptors (Lipinski definition) is 10. The zero-order valence-corrected chi connectivity index (χ0v) is 25.5. The summed E-state index contributed by atoms with van der Waals surface area (Å²) in [5.74, 6) is 2.05. The number of rotatable bonds is 12. The largest absolute Gasteiger partial charge is 0.496 e. The van der Waals surface area contributed by atoms with Crippen LogP contribution >= 0.6 is 0 Å². The molecule has 11 heteroatoms. The highest BCUT2D eigenvalue weighted by Crippen LogP contribution is 2.44. The van der Waals surface area contributed by atoms with E-state index in [1.165, 1.54) is 35.5 Å². The minimum absolute atomic E-state index is 0.00439. The lowest BCUT2D eigenvalue weighted by molar-refractivity contribution is 0.295. The Kier molecular flexibility index (Phi) is 8.94. The fourth-order valence-electron chi connectivity index (χ4n) is 5.11. The molecule has 0 saturated heterocycles. The summed E-state index contributed by atoms with van der Waals surface area (Å²) >= 11 is 0. The second-order valence-electron chi connectivity index (χ2n) is 9.98. The first kappa shape index (κ1) is 30.3. The maximum atomic E-state index is 14.0. The number of methoxy groups -OCH3 is 5. The van der Waals surface area contributed by atoms with E-state index in [1.807, 2.05) is 19.1 Å². The van der Waals surface area contributed by atoms with Crippen molar-refractivity contribution in [3.8, 4) is 45.8 Å². The second-order valence-corrected chi connectivity index (χ2v) is 9.98. The summed E-state index contributed by atoms with van der Waals surface area (Å²) in [5, 5.41) is 0.793. The minimum atomic E-state index is -0.417. The van der Waals surface area contributed by atoms with Crippen LogP contribution in [0.3, 0.4) is 0 Å². The SMILES string of the molecule is COc1cc(OC)c2c(=O)c(OCCCCn3cnc4c(C)cccc4c3=O)c(-c3cc(OC)c(OC)c(OC)c3)oc2c1. The van der Waals surface area contributed by atoms with Crippen molar-refractivity contribution in [2.75, 3.05) is 42.2 Å². The van der Waals surface area contributed by atoms with E-state index in [1.54, 1.807) is 41.2 Å². The van der Waals surface area contributed by atoms with Gasteiger partial charge in [-0.15, -0.1) is 0 Å². The monoisotopic (exact) mass is 602 g/mol. The predicted molar refractivity (Wildman–Crippen MR) is 166 cm³/mol. The molecule has 0 aliphatic carbocycles. The van der Waals surface area contributed by atoms with Crippen LogP contribution in [-0.4, -0.2) is 51.7 Å². The topological polar surface area (TPSA) is 120 Å². The van der Waals surface area contributed by atoms with Crippen molar-refractivity contribution >= 4 is 21.9 Å². The molecule has 0 radical (unpaired) electrons. The normalized spacial score (nSPS) is 11.0. The Hall–Kier alpha value is -5.19. The summed E-state index contributed by atoms with van der Waals surface area (Å²) in [6.07, 6.45) is 2.72. The maximum Gasteiger partial charge on any atom is 0.261 e. The number of ether oxygens (including phenoxy) is 6. The molecule has 11 nitrogen and oxygen atoms in total. The van der Waals surface area contributed by atoms with Gasteiger partial charge in [0.05, 0.1) is 59.4 Å². The van der Waals surface area contributed by atoms with Crippen molar-refractivity contribution in [1.82, 2.24) is 9.55 Å². The van der Waals surface area contributed by atoms with E-state index < -0.39 is 5.43 Å². The van der Waals surface area contributed by atoms with Gasteiger partial charge in [0.1, 0.15) is 22.5 Å². The lowest BCUT2D eigenvalue weighted by atomic mass is 10.1. The van der Waals surface area contributed by atoms with E-state index >= 15 is 0 Å². The van der Waals surface area contributed by atoms with Crippen LogP contribution in [0.15, 0.2) is 62.8 Å². The van der Waals surface area contributed by atoms with Crippen LogP contribution in [0.1, 0.15) is 18.4 Å². The van der Waals surface area contributed by atoms with Crippen LogP contribution < -0.4 is 39.4 Å². The Morgan fingerprint density at radius 3 is 2.20 bits per heavy atom. The molecule has 0 bridgehead atoms. The molecule has 3 aromatic carbocycles. The summed E-state index contributed by atoms with van der Waals surface area (Å²) in [6.45, 7) is 2.55. The van der Waals surface area contributed by atoms with Crippen LogP contribution in [0.5, 0.6) is 34.5 Å². The van der Waals surface area contributed by atoms with Gasteiger partial charge in [0, 0.05) is 24.2 Å². The van der Waals surface area contributed by atoms with Crippen LogP contribution in [-0.2, 0) is 6.54 Å². The van der Waals surface area contributed by atoms with Crippen LogP contribution in [0, 0.1) is 6.92 Å². The lowest BCUT2D eigenvalue weighted by Crippen LogP contribution is -2.21. The first-order valence-electron chi connectivity index (χ1n) is 14.0. The average Bonchev–Trinajstić information content (AvgIpc) is 3.05. The zero-order chi connectivity index (χ0) is 31.4. The molecular weight excluding hydrogens is 568 g/mol. The van der Waals surface area contributed by atoms with Crippen molar-refractivity contribution in [2.45, 2.75) is 26.3 Å². The Morgan fingerprint density at radius 1 is 0.818 bits per heavy atom. The molecular formula is C33H34N2O9. The second kappa shape index (κ2) is 13.0. The number of unbranched alkanes of at least 4 members (excludes halogenated alkanes) is 1. The molecule has 0 spiro atoms. The molecule has 2 aromatic heterocycles. The number of hydrogen-bond donors (Lipinski definition) is 0. The predicted octanol–water partition coefficient (Wildman–Crippen LogP) is 5.38. The van der Waals surface area contributed by atoms with E-state index in [2.05, 4.69) is 4.98 Å². The van der Waals surface area contributed by atoms with Gasteiger partial charge in [0.2, 0.25) is 16.9 Å². The average molecular weight is 603 g/mol. The van der Waals surface area contributed by atoms with Gasteiger partial charge in [-0.2, -0.15) is 0 Å². The Labute approximate surface area is 253 Å². The highest BCUT2D eigenvalue weighted by molar-refractivity contribution is 5.89. The molecule has 5 aromatic rings. The number of para-hydroxylation sites is 1. The van der Waals surface area contributed by atoms with Crippen molar-refractivity contribution in [3.63, 3.8) is 0 Å². The number of aryl methyl sites for hydroxylation is 2. The lowest BCUT2D eigenvalue weighted by Gasteiger charge is -2.17. The molecule has 0 amide bonds. The zero-order valence-electron chi connectivity index (χ0n) is 25.5. The smallest absolute Gasteiger partial charge is 0.261 e. The van der Waals surface area contributed by atoms with E-state index in [9.17, 15) is 9.59 Å². The van der Waals surface area contributed by atoms with Gasteiger partial charge in [0.25, 0.3) is 5.56 Å². The summed E-state index contributed by atoms with van der Waals surface area (Å²) < 4.78 is 41.5. The first-order chi connectivity index (χ1) is 21.3. The molecule has 0 saturated carbocycles. The number of aromatic nitrogens is 2. The van der Waals surface area contributed by atoms with Gasteiger partial charge < -0.3 is 32.8 Å². The molecule has 5 rings (SSSR count). The van der Waals surface area contributed by atoms with Gasteiger partial charge >= 0.3 is 0 Å². The fourth-order valence-corrected chi connectivity index (χ4v) is 5.11. The van der Waals surface area contributed by atoms with Crippen LogP contribution in [0.2, 0.25) is 0 Å². The van der Waals surface area contributed by atoms with Crippen LogP contribution in [0.4, 0.5) is 0 Å². The molecule has 0 unspecified atom stereocenters. The van der Waals surface area contributed by atoms with Gasteiger partial charge in [-0.05, 0) is 43.5 Å². The standard InChI is InChI=1S/C33H34N2O9/c1-19-10-9-11-22-28(19)34-18-35(33(22)37)12-7-8-13-43-32-29(36)27-23(39-3)16-21(38-2)17-24(27)44-30(32)20-14-25(40-4)31(42-6)26(15-20)41-5/h9-11,14-18H,7-8,12-13H2,1-6H3. The highest BCUT2D eigenvalue weighted by Gasteiger charge is 2.24. The van der Waals surface area contributed by atoms with Crippen LogP contribution in [0.25, 0.3) is 33.2 Å². The van der Waals surface area contributed by atoms with Crippen molar-refractivity contribution < 1.29 is 32.8 Å². The van der Waals surface area contributed by atoms with Crippen molar-refractivity contribution in [3.05, 3.63) is 74.9 Å². The van der Waals surface area contributed by atoms with Gasteiger partial charge in [-0.25, -0.2) is 4.98 Å². The van der Waals surface area contributed by atoms with E-state index in [0.29, 0.717) is 58.9 Å². The van der Waals surface area contributed by atoms with Crippen molar-refractivity contribution in [2.24, 2.45) is 0 Å². The molecule has 0 atom stereocenters. The molecule has 0 N–H and O–H groups in total. The summed E-state index contributed by atoms with van der Waals surface area (Å²) in [4.78, 5) is 31.4. The van der Waals surface area contributed by atoms with Gasteiger partial charge in [-0.3, -0.25) is 14.2 Å². The maximum absolute atomic E-state index is 14.0. The van der Waals surface area contributed by atoms with Gasteiger partial charge in [-0.1, -0.05) is 12.1 Å². The Morgan fingerprint density at radius 2 is 1.55 bits per heavy atom. The fraction of sp³-hybridized carbons (Fsp3) is 0.303. The molecule has 0 aliphatic heterocycles. The summed E-state index contributed by atoms with van der Waals surface area (Å²) in [7, 11) is 7.49. The quantitative estimate of drug-likeness (QED) is 0.172. The van der Waals surface area contributed by atoms with E-state index in [-0.39, 0.29) is 40.4 Å². The van der Waals surface area contributed by atoms with E-state index in [0.717, 1.165) is 5.56 Å². The Balaban J connectivity index is 1.49. The number of fused-ring (bicyclic) bond motifs is 2. The minimum Gasteiger partial charge on any atom is -0.496 e. The third kappa shape index (κ3) is 5.60.